The Balaban J connectivity index is 1.25. The van der Waals surface area contributed by atoms with Gasteiger partial charge in [-0.2, -0.15) is 5.10 Å². The lowest BCUT2D eigenvalue weighted by molar-refractivity contribution is -0.142. The number of rotatable bonds is 4. The second-order valence-corrected chi connectivity index (χ2v) is 7.08. The molecule has 2 aliphatic heterocycles. The molecule has 0 spiro atoms. The minimum atomic E-state index is 0.0440. The van der Waals surface area contributed by atoms with Crippen molar-refractivity contribution in [2.45, 2.75) is 32.2 Å². The predicted octanol–water partition coefficient (Wildman–Crippen LogP) is 0.472. The van der Waals surface area contributed by atoms with Crippen LogP contribution in [0.25, 0.3) is 0 Å². The number of nitrogens with zero attached hydrogens (tertiary/aromatic N) is 5. The second kappa shape index (κ2) is 7.31. The quantitative estimate of drug-likeness (QED) is 0.863. The van der Waals surface area contributed by atoms with Crippen molar-refractivity contribution in [3.05, 3.63) is 36.2 Å². The Hall–Kier alpha value is -2.64. The van der Waals surface area contributed by atoms with Crippen LogP contribution in [0.3, 0.4) is 0 Å². The summed E-state index contributed by atoms with van der Waals surface area (Å²) in [6, 6.07) is 0. The van der Waals surface area contributed by atoms with Crippen LogP contribution in [0.2, 0.25) is 0 Å². The number of aryl methyl sites for hydroxylation is 2. The molecule has 138 valence electrons. The Bertz CT molecular complexity index is 761. The Kier molecular flexibility index (Phi) is 4.73. The summed E-state index contributed by atoms with van der Waals surface area (Å²) in [7, 11) is 0. The van der Waals surface area contributed by atoms with E-state index in [0.717, 1.165) is 30.6 Å². The number of piperazine rings is 1. The van der Waals surface area contributed by atoms with E-state index in [1.54, 1.807) is 6.20 Å². The highest BCUT2D eigenvalue weighted by atomic mass is 16.2. The standard InChI is InChI=1S/C18H24N6O2/c25-17(2-1-14-10-20-21-11-14)22-5-7-23(8-6-22)18(26)15-3-4-24-13-19-12-16(24)9-15/h10-13,15H,1-9H2,(H,20,21). The van der Waals surface area contributed by atoms with Crippen molar-refractivity contribution in [3.63, 3.8) is 0 Å². The summed E-state index contributed by atoms with van der Waals surface area (Å²) in [6.45, 7) is 3.37. The molecule has 1 unspecified atom stereocenters. The molecule has 0 aliphatic carbocycles. The van der Waals surface area contributed by atoms with E-state index in [1.807, 2.05) is 28.5 Å². The lowest BCUT2D eigenvalue weighted by atomic mass is 9.94. The first kappa shape index (κ1) is 16.8. The van der Waals surface area contributed by atoms with Crippen LogP contribution in [0.4, 0.5) is 0 Å². The summed E-state index contributed by atoms with van der Waals surface area (Å²) in [4.78, 5) is 33.2. The average Bonchev–Trinajstić information content (AvgIpc) is 3.36. The van der Waals surface area contributed by atoms with Gasteiger partial charge in [0.15, 0.2) is 0 Å². The number of carbonyl (C=O) groups excluding carboxylic acids is 2. The van der Waals surface area contributed by atoms with Gasteiger partial charge in [0.05, 0.1) is 12.5 Å². The van der Waals surface area contributed by atoms with Gasteiger partial charge in [-0.25, -0.2) is 4.98 Å². The maximum atomic E-state index is 12.8. The molecular weight excluding hydrogens is 332 g/mol. The molecule has 2 aliphatic rings. The molecule has 1 atom stereocenters. The number of hydrogen-bond acceptors (Lipinski definition) is 4. The number of carbonyl (C=O) groups is 2. The summed E-state index contributed by atoms with van der Waals surface area (Å²) < 4.78 is 2.13. The van der Waals surface area contributed by atoms with Gasteiger partial charge in [0, 0.05) is 69.6 Å². The topological polar surface area (TPSA) is 87.1 Å². The zero-order chi connectivity index (χ0) is 17.9. The van der Waals surface area contributed by atoms with Crippen LogP contribution < -0.4 is 0 Å². The molecule has 1 saturated heterocycles. The first-order valence-electron chi connectivity index (χ1n) is 9.24. The molecule has 2 aromatic rings. The van der Waals surface area contributed by atoms with E-state index in [-0.39, 0.29) is 17.7 Å². The van der Waals surface area contributed by atoms with Crippen molar-refractivity contribution in [3.8, 4) is 0 Å². The number of nitrogens with one attached hydrogen (secondary N) is 1. The maximum Gasteiger partial charge on any atom is 0.226 e. The molecule has 2 aromatic heterocycles. The van der Waals surface area contributed by atoms with E-state index >= 15 is 0 Å². The minimum absolute atomic E-state index is 0.0440. The molecular formula is C18H24N6O2. The van der Waals surface area contributed by atoms with E-state index in [1.165, 1.54) is 0 Å². The summed E-state index contributed by atoms with van der Waals surface area (Å²) in [5, 5.41) is 6.66. The van der Waals surface area contributed by atoms with Crippen LogP contribution in [-0.2, 0) is 29.0 Å². The van der Waals surface area contributed by atoms with Gasteiger partial charge in [0.25, 0.3) is 0 Å². The first-order chi connectivity index (χ1) is 12.7. The number of aromatic nitrogens is 4. The second-order valence-electron chi connectivity index (χ2n) is 7.08. The van der Waals surface area contributed by atoms with E-state index in [2.05, 4.69) is 19.7 Å². The number of aromatic amines is 1. The fourth-order valence-corrected chi connectivity index (χ4v) is 3.84. The Morgan fingerprint density at radius 2 is 1.92 bits per heavy atom. The maximum absolute atomic E-state index is 12.8. The Labute approximate surface area is 152 Å². The van der Waals surface area contributed by atoms with Crippen molar-refractivity contribution in [2.24, 2.45) is 5.92 Å². The molecule has 8 heteroatoms. The largest absolute Gasteiger partial charge is 0.339 e. The smallest absolute Gasteiger partial charge is 0.226 e. The van der Waals surface area contributed by atoms with Gasteiger partial charge in [-0.1, -0.05) is 0 Å². The van der Waals surface area contributed by atoms with Crippen LogP contribution in [0, 0.1) is 5.92 Å². The van der Waals surface area contributed by atoms with Crippen LogP contribution in [0.1, 0.15) is 24.1 Å². The van der Waals surface area contributed by atoms with E-state index < -0.39 is 0 Å². The van der Waals surface area contributed by atoms with Crippen LogP contribution in [-0.4, -0.2) is 67.5 Å². The third-order valence-electron chi connectivity index (χ3n) is 5.45. The molecule has 1 fully saturated rings. The normalized spacial score (nSPS) is 20.1. The van der Waals surface area contributed by atoms with Gasteiger partial charge in [0.2, 0.25) is 11.8 Å². The average molecular weight is 356 g/mol. The summed E-state index contributed by atoms with van der Waals surface area (Å²) in [5.41, 5.74) is 2.19. The zero-order valence-electron chi connectivity index (χ0n) is 14.8. The van der Waals surface area contributed by atoms with Crippen molar-refractivity contribution in [1.82, 2.24) is 29.5 Å². The molecule has 2 amide bonds. The van der Waals surface area contributed by atoms with Crippen molar-refractivity contribution >= 4 is 11.8 Å². The number of hydrogen-bond donors (Lipinski definition) is 1. The number of H-pyrrole nitrogens is 1. The molecule has 0 aromatic carbocycles. The van der Waals surface area contributed by atoms with Crippen LogP contribution >= 0.6 is 0 Å². The number of amides is 2. The molecule has 4 heterocycles. The van der Waals surface area contributed by atoms with Crippen LogP contribution in [0.5, 0.6) is 0 Å². The lowest BCUT2D eigenvalue weighted by Crippen LogP contribution is -2.52. The summed E-state index contributed by atoms with van der Waals surface area (Å²) in [6.07, 6.45) is 10.1. The highest BCUT2D eigenvalue weighted by Gasteiger charge is 2.31. The van der Waals surface area contributed by atoms with E-state index in [9.17, 15) is 9.59 Å². The highest BCUT2D eigenvalue weighted by Crippen LogP contribution is 2.22. The Morgan fingerprint density at radius 1 is 1.12 bits per heavy atom. The summed E-state index contributed by atoms with van der Waals surface area (Å²) in [5.74, 6) is 0.422. The SMILES string of the molecule is O=C(CCc1cn[nH]c1)N1CCN(C(=O)C2CCn3cncc3C2)CC1. The summed E-state index contributed by atoms with van der Waals surface area (Å²) >= 11 is 0. The molecule has 26 heavy (non-hydrogen) atoms. The molecule has 1 N–H and O–H groups in total. The minimum Gasteiger partial charge on any atom is -0.339 e. The molecule has 4 rings (SSSR count). The first-order valence-corrected chi connectivity index (χ1v) is 9.24. The Morgan fingerprint density at radius 3 is 2.69 bits per heavy atom. The van der Waals surface area contributed by atoms with Gasteiger partial charge in [-0.05, 0) is 18.4 Å². The third kappa shape index (κ3) is 3.49. The zero-order valence-corrected chi connectivity index (χ0v) is 14.8. The monoisotopic (exact) mass is 356 g/mol. The van der Waals surface area contributed by atoms with Gasteiger partial charge in [-0.3, -0.25) is 14.7 Å². The fraction of sp³-hybridized carbons (Fsp3) is 0.556. The van der Waals surface area contributed by atoms with Crippen molar-refractivity contribution in [2.75, 3.05) is 26.2 Å². The van der Waals surface area contributed by atoms with Gasteiger partial charge < -0.3 is 14.4 Å². The van der Waals surface area contributed by atoms with Gasteiger partial charge in [-0.15, -0.1) is 0 Å². The van der Waals surface area contributed by atoms with Gasteiger partial charge >= 0.3 is 0 Å². The fourth-order valence-electron chi connectivity index (χ4n) is 3.84. The van der Waals surface area contributed by atoms with E-state index in [0.29, 0.717) is 39.0 Å². The van der Waals surface area contributed by atoms with E-state index in [4.69, 9.17) is 0 Å². The number of imidazole rings is 1. The molecule has 0 bridgehead atoms. The van der Waals surface area contributed by atoms with Crippen molar-refractivity contribution in [1.29, 1.82) is 0 Å². The van der Waals surface area contributed by atoms with Crippen LogP contribution in [0.15, 0.2) is 24.9 Å². The molecule has 0 radical (unpaired) electrons. The highest BCUT2D eigenvalue weighted by molar-refractivity contribution is 5.80. The molecule has 0 saturated carbocycles. The molecule has 8 nitrogen and oxygen atoms in total. The van der Waals surface area contributed by atoms with Gasteiger partial charge in [0.1, 0.15) is 0 Å². The third-order valence-corrected chi connectivity index (χ3v) is 5.45. The van der Waals surface area contributed by atoms with Crippen molar-refractivity contribution < 1.29 is 9.59 Å². The lowest BCUT2D eigenvalue weighted by Gasteiger charge is -2.37. The predicted molar refractivity (Wildman–Crippen MR) is 94.1 cm³/mol. The number of fused-ring (bicyclic) bond motifs is 1.